The molecule has 11 heteroatoms. The smallest absolute Gasteiger partial charge is 0.437 e. The van der Waals surface area contributed by atoms with Crippen molar-refractivity contribution in [1.29, 1.82) is 0 Å². The molecule has 0 unspecified atom stereocenters. The van der Waals surface area contributed by atoms with Gasteiger partial charge in [0.15, 0.2) is 17.6 Å². The molecule has 1 saturated heterocycles. The summed E-state index contributed by atoms with van der Waals surface area (Å²) in [6.07, 6.45) is 2.08. The number of nitrogens with two attached hydrogens (primary N) is 2. The van der Waals surface area contributed by atoms with Crippen LogP contribution in [0.2, 0.25) is 5.02 Å². The molecule has 0 aromatic carbocycles. The first-order chi connectivity index (χ1) is 13.4. The highest BCUT2D eigenvalue weighted by Gasteiger charge is 2.23. The minimum Gasteiger partial charge on any atom is -0.443 e. The number of hydrogen-bond donors (Lipinski definition) is 2. The fourth-order valence-corrected chi connectivity index (χ4v) is 2.89. The molecule has 2 aromatic rings. The average Bonchev–Trinajstić information content (AvgIpc) is 2.67. The summed E-state index contributed by atoms with van der Waals surface area (Å²) in [5.74, 6) is 0.0592. The number of piperazine rings is 1. The zero-order valence-electron chi connectivity index (χ0n) is 14.9. The van der Waals surface area contributed by atoms with Crippen LogP contribution < -0.4 is 21.3 Å². The number of amides is 1. The Hall–Kier alpha value is -3.14. The van der Waals surface area contributed by atoms with Crippen LogP contribution in [-0.4, -0.2) is 48.2 Å². The normalized spacial score (nSPS) is 13.9. The lowest BCUT2D eigenvalue weighted by atomic mass is 10.2. The molecular weight excluding hydrogens is 389 g/mol. The number of carbonyl (C=O) groups is 1. The summed E-state index contributed by atoms with van der Waals surface area (Å²) in [7, 11) is 0. The highest BCUT2D eigenvalue weighted by atomic mass is 35.5. The van der Waals surface area contributed by atoms with Crippen molar-refractivity contribution in [3.05, 3.63) is 47.0 Å². The highest BCUT2D eigenvalue weighted by Crippen LogP contribution is 2.23. The topological polar surface area (TPSA) is 123 Å². The van der Waals surface area contributed by atoms with Crippen LogP contribution in [0.1, 0.15) is 5.56 Å². The lowest BCUT2D eigenvalue weighted by molar-refractivity contribution is 0.149. The molecule has 3 heterocycles. The summed E-state index contributed by atoms with van der Waals surface area (Å²) in [5.41, 5.74) is 10.4. The Morgan fingerprint density at radius 1 is 1.18 bits per heavy atom. The minimum absolute atomic E-state index is 0.186. The summed E-state index contributed by atoms with van der Waals surface area (Å²) in [5, 5.41) is 0.575. The maximum Gasteiger partial charge on any atom is 0.437 e. The molecule has 2 aromatic heterocycles. The number of nitrogens with zero attached hydrogens (tertiary/aromatic N) is 5. The first-order valence-electron chi connectivity index (χ1n) is 8.45. The molecule has 3 rings (SSSR count). The number of rotatable bonds is 4. The molecule has 0 saturated carbocycles. The van der Waals surface area contributed by atoms with Crippen LogP contribution >= 0.6 is 11.6 Å². The van der Waals surface area contributed by atoms with Gasteiger partial charge in [-0.3, -0.25) is 0 Å². The van der Waals surface area contributed by atoms with Crippen LogP contribution in [0, 0.1) is 5.82 Å². The number of carbonyl (C=O) groups excluding carboxylic acids is 1. The van der Waals surface area contributed by atoms with Gasteiger partial charge in [-0.2, -0.15) is 0 Å². The van der Waals surface area contributed by atoms with Crippen molar-refractivity contribution in [2.75, 3.05) is 36.0 Å². The number of hydrogen-bond acceptors (Lipinski definition) is 6. The fourth-order valence-electron chi connectivity index (χ4n) is 2.78. The van der Waals surface area contributed by atoms with E-state index >= 15 is 0 Å². The molecule has 1 aliphatic rings. The highest BCUT2D eigenvalue weighted by molar-refractivity contribution is 6.30. The van der Waals surface area contributed by atoms with Crippen LogP contribution in [-0.2, 0) is 11.3 Å². The molecule has 9 nitrogen and oxygen atoms in total. The predicted octanol–water partition coefficient (Wildman–Crippen LogP) is 1.51. The minimum atomic E-state index is -0.984. The van der Waals surface area contributed by atoms with Gasteiger partial charge in [-0.05, 0) is 18.2 Å². The molecular formula is C17H19ClFN7O2. The molecule has 0 bridgehead atoms. The average molecular weight is 408 g/mol. The van der Waals surface area contributed by atoms with Gasteiger partial charge in [0.2, 0.25) is 0 Å². The van der Waals surface area contributed by atoms with E-state index in [1.54, 1.807) is 12.3 Å². The SMILES string of the molecule is NC(N)=NC(=O)OCc1ccnc(N2CCN(c3ccc(Cl)cn3)CC2)c1F. The first-order valence-corrected chi connectivity index (χ1v) is 8.83. The quantitative estimate of drug-likeness (QED) is 0.577. The molecule has 0 radical (unpaired) electrons. The van der Waals surface area contributed by atoms with E-state index in [0.717, 1.165) is 5.82 Å². The van der Waals surface area contributed by atoms with Crippen molar-refractivity contribution in [3.8, 4) is 0 Å². The van der Waals surface area contributed by atoms with Crippen molar-refractivity contribution < 1.29 is 13.9 Å². The maximum absolute atomic E-state index is 14.8. The van der Waals surface area contributed by atoms with E-state index in [1.165, 1.54) is 12.3 Å². The summed E-state index contributed by atoms with van der Waals surface area (Å²) in [6, 6.07) is 5.07. The molecule has 1 aliphatic heterocycles. The molecule has 1 amide bonds. The van der Waals surface area contributed by atoms with Crippen LogP contribution in [0.15, 0.2) is 35.6 Å². The molecule has 0 atom stereocenters. The summed E-state index contributed by atoms with van der Waals surface area (Å²) in [6.45, 7) is 2.13. The lowest BCUT2D eigenvalue weighted by Crippen LogP contribution is -2.47. The van der Waals surface area contributed by atoms with Crippen molar-refractivity contribution in [2.45, 2.75) is 6.61 Å². The fraction of sp³-hybridized carbons (Fsp3) is 0.294. The van der Waals surface area contributed by atoms with Crippen LogP contribution in [0.3, 0.4) is 0 Å². The summed E-state index contributed by atoms with van der Waals surface area (Å²) in [4.78, 5) is 27.0. The van der Waals surface area contributed by atoms with E-state index in [9.17, 15) is 9.18 Å². The van der Waals surface area contributed by atoms with Gasteiger partial charge in [-0.15, -0.1) is 4.99 Å². The number of pyridine rings is 2. The molecule has 4 N–H and O–H groups in total. The monoisotopic (exact) mass is 407 g/mol. The van der Waals surface area contributed by atoms with Crippen molar-refractivity contribution in [1.82, 2.24) is 9.97 Å². The van der Waals surface area contributed by atoms with E-state index in [0.29, 0.717) is 31.2 Å². The number of anilines is 2. The van der Waals surface area contributed by atoms with E-state index in [4.69, 9.17) is 27.8 Å². The molecule has 0 aliphatic carbocycles. The number of aromatic nitrogens is 2. The summed E-state index contributed by atoms with van der Waals surface area (Å²) >= 11 is 5.87. The lowest BCUT2D eigenvalue weighted by Gasteiger charge is -2.36. The van der Waals surface area contributed by atoms with Crippen LogP contribution in [0.25, 0.3) is 0 Å². The first kappa shape index (κ1) is 19.6. The zero-order valence-corrected chi connectivity index (χ0v) is 15.6. The molecule has 0 spiro atoms. The van der Waals surface area contributed by atoms with Gasteiger partial charge in [0.1, 0.15) is 12.4 Å². The van der Waals surface area contributed by atoms with Crippen LogP contribution in [0.4, 0.5) is 20.8 Å². The second kappa shape index (κ2) is 8.70. The van der Waals surface area contributed by atoms with Crippen molar-refractivity contribution in [3.63, 3.8) is 0 Å². The Balaban J connectivity index is 1.64. The molecule has 1 fully saturated rings. The second-order valence-electron chi connectivity index (χ2n) is 6.01. The third-order valence-corrected chi connectivity index (χ3v) is 4.36. The summed E-state index contributed by atoms with van der Waals surface area (Å²) < 4.78 is 19.7. The third-order valence-electron chi connectivity index (χ3n) is 4.14. The Kier molecular flexibility index (Phi) is 6.09. The molecule has 28 heavy (non-hydrogen) atoms. The number of aliphatic imine (C=N–C) groups is 1. The predicted molar refractivity (Wildman–Crippen MR) is 104 cm³/mol. The number of guanidine groups is 1. The van der Waals surface area contributed by atoms with Gasteiger partial charge in [-0.1, -0.05) is 11.6 Å². The van der Waals surface area contributed by atoms with Crippen LogP contribution in [0.5, 0.6) is 0 Å². The van der Waals surface area contributed by atoms with Gasteiger partial charge in [0.25, 0.3) is 0 Å². The van der Waals surface area contributed by atoms with E-state index in [2.05, 4.69) is 19.9 Å². The van der Waals surface area contributed by atoms with Crippen molar-refractivity contribution in [2.24, 2.45) is 16.5 Å². The third kappa shape index (κ3) is 4.77. The van der Waals surface area contributed by atoms with Gasteiger partial charge in [-0.25, -0.2) is 19.2 Å². The zero-order chi connectivity index (χ0) is 20.1. The Bertz CT molecular complexity index is 866. The Morgan fingerprint density at radius 3 is 2.54 bits per heavy atom. The van der Waals surface area contributed by atoms with Gasteiger partial charge < -0.3 is 26.0 Å². The Morgan fingerprint density at radius 2 is 1.89 bits per heavy atom. The number of halogens is 2. The van der Waals surface area contributed by atoms with Gasteiger partial charge in [0.05, 0.1) is 5.02 Å². The second-order valence-corrected chi connectivity index (χ2v) is 6.44. The largest absolute Gasteiger partial charge is 0.443 e. The standard InChI is InChI=1S/C17H19ClFN7O2/c18-12-1-2-13(23-9-12)25-5-7-26(8-6-25)15-14(19)11(3-4-22-15)10-28-17(27)24-16(20)21/h1-4,9H,5-8,10H2,(H4,20,21,24,27). The Labute approximate surface area is 165 Å². The van der Waals surface area contributed by atoms with E-state index in [-0.39, 0.29) is 18.0 Å². The van der Waals surface area contributed by atoms with Gasteiger partial charge >= 0.3 is 6.09 Å². The maximum atomic E-state index is 14.8. The van der Waals surface area contributed by atoms with E-state index < -0.39 is 17.9 Å². The van der Waals surface area contributed by atoms with Crippen molar-refractivity contribution >= 4 is 35.3 Å². The van der Waals surface area contributed by atoms with Gasteiger partial charge in [0, 0.05) is 44.1 Å². The molecule has 148 valence electrons. The number of ether oxygens (including phenoxy) is 1. The van der Waals surface area contributed by atoms with E-state index in [1.807, 2.05) is 11.0 Å².